The minimum absolute atomic E-state index is 0.317. The van der Waals surface area contributed by atoms with Crippen molar-refractivity contribution in [1.82, 2.24) is 4.90 Å². The van der Waals surface area contributed by atoms with Crippen LogP contribution in [0.5, 0.6) is 0 Å². The van der Waals surface area contributed by atoms with E-state index in [0.29, 0.717) is 11.5 Å². The zero-order chi connectivity index (χ0) is 9.78. The van der Waals surface area contributed by atoms with Crippen molar-refractivity contribution < 1.29 is 0 Å². The first kappa shape index (κ1) is 11.5. The van der Waals surface area contributed by atoms with Crippen LogP contribution in [0.4, 0.5) is 0 Å². The van der Waals surface area contributed by atoms with Gasteiger partial charge in [-0.25, -0.2) is 0 Å². The highest BCUT2D eigenvalue weighted by molar-refractivity contribution is 5.55. The van der Waals surface area contributed by atoms with E-state index in [4.69, 9.17) is 0 Å². The summed E-state index contributed by atoms with van der Waals surface area (Å²) in [6.45, 7) is 12.2. The van der Waals surface area contributed by atoms with Crippen LogP contribution in [0.2, 0.25) is 0 Å². The Morgan fingerprint density at radius 3 is 2.17 bits per heavy atom. The fourth-order valence-electron chi connectivity index (χ4n) is 1.10. The quantitative estimate of drug-likeness (QED) is 0.469. The molecule has 0 amide bonds. The van der Waals surface area contributed by atoms with E-state index >= 15 is 0 Å². The van der Waals surface area contributed by atoms with E-state index in [1.165, 1.54) is 0 Å². The van der Waals surface area contributed by atoms with Crippen molar-refractivity contribution in [2.75, 3.05) is 13.6 Å². The van der Waals surface area contributed by atoms with Gasteiger partial charge in [-0.1, -0.05) is 20.8 Å². The summed E-state index contributed by atoms with van der Waals surface area (Å²) in [5, 5.41) is 0. The van der Waals surface area contributed by atoms with E-state index in [1.807, 2.05) is 13.4 Å². The summed E-state index contributed by atoms with van der Waals surface area (Å²) in [6.07, 6.45) is 1.93. The van der Waals surface area contributed by atoms with Crippen LogP contribution in [0, 0.1) is 5.41 Å². The van der Waals surface area contributed by atoms with Gasteiger partial charge in [-0.15, -0.1) is 0 Å². The summed E-state index contributed by atoms with van der Waals surface area (Å²) < 4.78 is 0. The molecule has 0 saturated heterocycles. The molecule has 0 radical (unpaired) electrons. The van der Waals surface area contributed by atoms with Gasteiger partial charge < -0.3 is 4.90 Å². The average Bonchev–Trinajstić information content (AvgIpc) is 1.97. The van der Waals surface area contributed by atoms with E-state index in [0.717, 1.165) is 6.54 Å². The summed E-state index contributed by atoms with van der Waals surface area (Å²) in [7, 11) is 1.82. The number of hydrogen-bond donors (Lipinski definition) is 0. The van der Waals surface area contributed by atoms with Crippen LogP contribution in [0.1, 0.15) is 34.6 Å². The Morgan fingerprint density at radius 1 is 1.42 bits per heavy atom. The highest BCUT2D eigenvalue weighted by Gasteiger charge is 2.23. The molecule has 0 rings (SSSR count). The fraction of sp³-hybridized carbons (Fsp3) is 0.900. The van der Waals surface area contributed by atoms with Crippen molar-refractivity contribution in [3.8, 4) is 0 Å². The van der Waals surface area contributed by atoms with E-state index in [9.17, 15) is 0 Å². The molecule has 0 aliphatic rings. The molecule has 12 heavy (non-hydrogen) atoms. The molecule has 0 N–H and O–H groups in total. The maximum atomic E-state index is 4.04. The highest BCUT2D eigenvalue weighted by atomic mass is 15.2. The molecule has 0 saturated carbocycles. The van der Waals surface area contributed by atoms with Gasteiger partial charge in [-0.05, 0) is 19.3 Å². The first-order chi connectivity index (χ1) is 5.43. The molecule has 1 atom stereocenters. The van der Waals surface area contributed by atoms with Gasteiger partial charge in [0.05, 0.1) is 6.34 Å². The lowest BCUT2D eigenvalue weighted by atomic mass is 9.87. The summed E-state index contributed by atoms with van der Waals surface area (Å²) in [6, 6.07) is 0.534. The zero-order valence-corrected chi connectivity index (χ0v) is 9.26. The van der Waals surface area contributed by atoms with E-state index in [-0.39, 0.29) is 0 Å². The Morgan fingerprint density at radius 2 is 1.92 bits per heavy atom. The largest absolute Gasteiger partial charge is 0.360 e. The molecule has 0 spiro atoms. The number of aliphatic imine (C=N–C) groups is 1. The lowest BCUT2D eigenvalue weighted by Gasteiger charge is -2.35. The Hall–Kier alpha value is -0.530. The van der Waals surface area contributed by atoms with Crippen LogP contribution >= 0.6 is 0 Å². The minimum atomic E-state index is 0.317. The average molecular weight is 170 g/mol. The second kappa shape index (κ2) is 4.48. The monoisotopic (exact) mass is 170 g/mol. The topological polar surface area (TPSA) is 15.6 Å². The molecule has 0 aliphatic carbocycles. The van der Waals surface area contributed by atoms with Gasteiger partial charge in [0.25, 0.3) is 0 Å². The maximum Gasteiger partial charge on any atom is 0.0848 e. The summed E-state index contributed by atoms with van der Waals surface area (Å²) in [4.78, 5) is 6.31. The minimum Gasteiger partial charge on any atom is -0.360 e. The smallest absolute Gasteiger partial charge is 0.0848 e. The van der Waals surface area contributed by atoms with Gasteiger partial charge in [0.15, 0.2) is 0 Å². The summed E-state index contributed by atoms with van der Waals surface area (Å²) in [5.41, 5.74) is 0.317. The third-order valence-corrected chi connectivity index (χ3v) is 2.38. The third-order valence-electron chi connectivity index (χ3n) is 2.38. The van der Waals surface area contributed by atoms with E-state index in [1.54, 1.807) is 0 Å². The lowest BCUT2D eigenvalue weighted by Crippen LogP contribution is -2.40. The van der Waals surface area contributed by atoms with Crippen LogP contribution in [-0.4, -0.2) is 30.9 Å². The zero-order valence-electron chi connectivity index (χ0n) is 9.26. The first-order valence-corrected chi connectivity index (χ1v) is 4.61. The van der Waals surface area contributed by atoms with Crippen LogP contribution in [0.3, 0.4) is 0 Å². The second-order valence-electron chi connectivity index (χ2n) is 4.25. The van der Waals surface area contributed by atoms with Crippen molar-refractivity contribution in [3.05, 3.63) is 0 Å². The molecule has 0 aromatic carbocycles. The van der Waals surface area contributed by atoms with Gasteiger partial charge >= 0.3 is 0 Å². The van der Waals surface area contributed by atoms with Crippen LogP contribution < -0.4 is 0 Å². The number of nitrogens with zero attached hydrogens (tertiary/aromatic N) is 2. The maximum absolute atomic E-state index is 4.04. The molecule has 1 unspecified atom stereocenters. The van der Waals surface area contributed by atoms with Crippen molar-refractivity contribution in [2.24, 2.45) is 10.4 Å². The molecule has 0 aliphatic heterocycles. The molecular formula is C10H22N2. The van der Waals surface area contributed by atoms with Crippen molar-refractivity contribution >= 4 is 6.34 Å². The van der Waals surface area contributed by atoms with Crippen LogP contribution in [0.25, 0.3) is 0 Å². The summed E-state index contributed by atoms with van der Waals surface area (Å²) >= 11 is 0. The van der Waals surface area contributed by atoms with Crippen LogP contribution in [0.15, 0.2) is 4.99 Å². The summed E-state index contributed by atoms with van der Waals surface area (Å²) in [5.74, 6) is 0. The second-order valence-corrected chi connectivity index (χ2v) is 4.25. The van der Waals surface area contributed by atoms with Gasteiger partial charge in [0.1, 0.15) is 0 Å². The Bertz CT molecular complexity index is 144. The molecule has 0 bridgehead atoms. The normalized spacial score (nSPS) is 15.2. The Balaban J connectivity index is 4.31. The Labute approximate surface area is 76.7 Å². The fourth-order valence-corrected chi connectivity index (χ4v) is 1.10. The predicted octanol–water partition coefficient (Wildman–Crippen LogP) is 2.40. The van der Waals surface area contributed by atoms with Crippen molar-refractivity contribution in [1.29, 1.82) is 0 Å². The molecule has 0 heterocycles. The molecule has 0 aromatic heterocycles. The van der Waals surface area contributed by atoms with Gasteiger partial charge in [-0.3, -0.25) is 4.99 Å². The van der Waals surface area contributed by atoms with E-state index < -0.39 is 0 Å². The first-order valence-electron chi connectivity index (χ1n) is 4.61. The molecule has 2 nitrogen and oxygen atoms in total. The molecule has 0 aromatic rings. The molecule has 2 heteroatoms. The third kappa shape index (κ3) is 3.24. The SMILES string of the molecule is CCN(/C=N/C)C(C)C(C)(C)C. The molecule has 0 fully saturated rings. The number of rotatable bonds is 3. The Kier molecular flexibility index (Phi) is 4.29. The highest BCUT2D eigenvalue weighted by Crippen LogP contribution is 2.22. The lowest BCUT2D eigenvalue weighted by molar-refractivity contribution is 0.193. The standard InChI is InChI=1S/C10H22N2/c1-7-12(8-11-6)9(2)10(3,4)5/h8-9H,7H2,1-6H3/b11-8+. The van der Waals surface area contributed by atoms with Gasteiger partial charge in [-0.2, -0.15) is 0 Å². The van der Waals surface area contributed by atoms with Gasteiger partial charge in [0.2, 0.25) is 0 Å². The van der Waals surface area contributed by atoms with Crippen molar-refractivity contribution in [3.63, 3.8) is 0 Å². The van der Waals surface area contributed by atoms with Crippen LogP contribution in [-0.2, 0) is 0 Å². The predicted molar refractivity (Wildman–Crippen MR) is 55.7 cm³/mol. The van der Waals surface area contributed by atoms with Gasteiger partial charge in [0, 0.05) is 19.6 Å². The number of hydrogen-bond acceptors (Lipinski definition) is 1. The van der Waals surface area contributed by atoms with Crippen molar-refractivity contribution in [2.45, 2.75) is 40.7 Å². The van der Waals surface area contributed by atoms with E-state index in [2.05, 4.69) is 44.5 Å². The molecular weight excluding hydrogens is 148 g/mol. The molecule has 72 valence electrons.